The molecule has 0 amide bonds. The van der Waals surface area contributed by atoms with Crippen LogP contribution in [-0.4, -0.2) is 43.3 Å². The molecule has 1 aliphatic heterocycles. The Labute approximate surface area is 112 Å². The van der Waals surface area contributed by atoms with Crippen molar-refractivity contribution in [1.29, 1.82) is 0 Å². The van der Waals surface area contributed by atoms with E-state index in [0.29, 0.717) is 18.2 Å². The molecule has 106 valence electrons. The molecule has 5 atom stereocenters. The van der Waals surface area contributed by atoms with Crippen molar-refractivity contribution >= 4 is 0 Å². The average molecular weight is 254 g/mol. The van der Waals surface area contributed by atoms with Gasteiger partial charge in [-0.2, -0.15) is 0 Å². The molecule has 0 aromatic rings. The fraction of sp³-hybridized carbons (Fsp3) is 1.00. The molecule has 0 radical (unpaired) electrons. The predicted molar refractivity (Wildman–Crippen MR) is 75.5 cm³/mol. The molecule has 18 heavy (non-hydrogen) atoms. The lowest BCUT2D eigenvalue weighted by atomic mass is 9.78. The number of likely N-dealkylation sites (N-methyl/N-ethyl adjacent to an activating group) is 1. The number of hydrogen-bond acceptors (Lipinski definition) is 3. The van der Waals surface area contributed by atoms with Crippen LogP contribution in [0.4, 0.5) is 0 Å². The summed E-state index contributed by atoms with van der Waals surface area (Å²) in [5, 5.41) is 0. The highest BCUT2D eigenvalue weighted by Crippen LogP contribution is 2.34. The number of hydrogen-bond donors (Lipinski definition) is 1. The van der Waals surface area contributed by atoms with Gasteiger partial charge >= 0.3 is 0 Å². The lowest BCUT2D eigenvalue weighted by Crippen LogP contribution is -2.51. The SMILES string of the molecule is CC1CCCC(C(CN)N(C)C2CCOC2C)C1. The highest BCUT2D eigenvalue weighted by molar-refractivity contribution is 4.89. The van der Waals surface area contributed by atoms with Crippen LogP contribution in [0.2, 0.25) is 0 Å². The Bertz CT molecular complexity index is 259. The molecule has 1 saturated heterocycles. The molecule has 0 aromatic heterocycles. The second-order valence-electron chi connectivity index (χ2n) is 6.43. The third kappa shape index (κ3) is 3.06. The van der Waals surface area contributed by atoms with E-state index in [4.69, 9.17) is 10.5 Å². The summed E-state index contributed by atoms with van der Waals surface area (Å²) in [5.74, 6) is 1.67. The highest BCUT2D eigenvalue weighted by atomic mass is 16.5. The molecule has 2 aliphatic rings. The van der Waals surface area contributed by atoms with Crippen molar-refractivity contribution in [3.05, 3.63) is 0 Å². The zero-order valence-corrected chi connectivity index (χ0v) is 12.3. The first-order chi connectivity index (χ1) is 8.63. The van der Waals surface area contributed by atoms with Crippen LogP contribution in [0.15, 0.2) is 0 Å². The van der Waals surface area contributed by atoms with Crippen molar-refractivity contribution in [1.82, 2.24) is 4.90 Å². The van der Waals surface area contributed by atoms with Crippen molar-refractivity contribution < 1.29 is 4.74 Å². The molecule has 3 nitrogen and oxygen atoms in total. The van der Waals surface area contributed by atoms with Gasteiger partial charge in [0.25, 0.3) is 0 Å². The van der Waals surface area contributed by atoms with E-state index in [-0.39, 0.29) is 0 Å². The molecule has 0 bridgehead atoms. The van der Waals surface area contributed by atoms with Gasteiger partial charge in [0.15, 0.2) is 0 Å². The smallest absolute Gasteiger partial charge is 0.0703 e. The monoisotopic (exact) mass is 254 g/mol. The molecular formula is C15H30N2O. The summed E-state index contributed by atoms with van der Waals surface area (Å²) >= 11 is 0. The molecule has 5 unspecified atom stereocenters. The maximum atomic E-state index is 6.08. The summed E-state index contributed by atoms with van der Waals surface area (Å²) in [5.41, 5.74) is 6.08. The number of rotatable bonds is 4. The second kappa shape index (κ2) is 6.36. The van der Waals surface area contributed by atoms with E-state index in [1.807, 2.05) is 0 Å². The number of ether oxygens (including phenoxy) is 1. The minimum absolute atomic E-state index is 0.366. The quantitative estimate of drug-likeness (QED) is 0.836. The molecule has 2 rings (SSSR count). The average Bonchev–Trinajstić information content (AvgIpc) is 2.76. The van der Waals surface area contributed by atoms with Crippen molar-refractivity contribution in [3.8, 4) is 0 Å². The molecule has 2 fully saturated rings. The summed E-state index contributed by atoms with van der Waals surface area (Å²) in [7, 11) is 2.26. The van der Waals surface area contributed by atoms with E-state index in [1.165, 1.54) is 25.7 Å². The van der Waals surface area contributed by atoms with E-state index < -0.39 is 0 Å². The second-order valence-corrected chi connectivity index (χ2v) is 6.43. The van der Waals surface area contributed by atoms with Crippen molar-refractivity contribution in [2.45, 2.75) is 64.1 Å². The Hall–Kier alpha value is -0.120. The van der Waals surface area contributed by atoms with Gasteiger partial charge in [0.2, 0.25) is 0 Å². The molecule has 1 aliphatic carbocycles. The minimum Gasteiger partial charge on any atom is -0.377 e. The van der Waals surface area contributed by atoms with Crippen LogP contribution in [0, 0.1) is 11.8 Å². The van der Waals surface area contributed by atoms with Crippen LogP contribution >= 0.6 is 0 Å². The molecule has 1 saturated carbocycles. The van der Waals surface area contributed by atoms with Crippen molar-refractivity contribution in [2.24, 2.45) is 17.6 Å². The first-order valence-electron chi connectivity index (χ1n) is 7.67. The van der Waals surface area contributed by atoms with E-state index >= 15 is 0 Å². The van der Waals surface area contributed by atoms with Gasteiger partial charge in [0.05, 0.1) is 6.10 Å². The minimum atomic E-state index is 0.366. The summed E-state index contributed by atoms with van der Waals surface area (Å²) in [6.07, 6.45) is 7.03. The molecule has 3 heteroatoms. The number of nitrogens with two attached hydrogens (primary N) is 1. The standard InChI is InChI=1S/C15H30N2O/c1-11-5-4-6-13(9-11)15(10-16)17(3)14-7-8-18-12(14)2/h11-15H,4-10,16H2,1-3H3. The molecular weight excluding hydrogens is 224 g/mol. The van der Waals surface area contributed by atoms with E-state index in [9.17, 15) is 0 Å². The summed E-state index contributed by atoms with van der Waals surface area (Å²) in [6, 6.07) is 1.11. The van der Waals surface area contributed by atoms with Crippen LogP contribution in [0.3, 0.4) is 0 Å². The molecule has 0 spiro atoms. The van der Waals surface area contributed by atoms with Gasteiger partial charge in [-0.05, 0) is 45.1 Å². The normalized spacial score (nSPS) is 39.2. The molecule has 1 heterocycles. The fourth-order valence-corrected chi connectivity index (χ4v) is 4.02. The van der Waals surface area contributed by atoms with Crippen LogP contribution in [0.25, 0.3) is 0 Å². The van der Waals surface area contributed by atoms with Crippen molar-refractivity contribution in [2.75, 3.05) is 20.2 Å². The zero-order chi connectivity index (χ0) is 13.1. The third-order valence-corrected chi connectivity index (χ3v) is 5.15. The first kappa shape index (κ1) is 14.3. The zero-order valence-electron chi connectivity index (χ0n) is 12.3. The maximum absolute atomic E-state index is 6.08. The third-order valence-electron chi connectivity index (χ3n) is 5.15. The lowest BCUT2D eigenvalue weighted by Gasteiger charge is -2.41. The van der Waals surface area contributed by atoms with Gasteiger partial charge in [-0.1, -0.05) is 19.8 Å². The Kier molecular flexibility index (Phi) is 5.05. The molecule has 0 aromatic carbocycles. The lowest BCUT2D eigenvalue weighted by molar-refractivity contribution is 0.0441. The number of nitrogens with zero attached hydrogens (tertiary/aromatic N) is 1. The Morgan fingerprint density at radius 2 is 2.06 bits per heavy atom. The predicted octanol–water partition coefficient (Wildman–Crippen LogP) is 2.25. The fourth-order valence-electron chi connectivity index (χ4n) is 4.02. The van der Waals surface area contributed by atoms with Crippen molar-refractivity contribution in [3.63, 3.8) is 0 Å². The van der Waals surface area contributed by atoms with Crippen LogP contribution in [0.5, 0.6) is 0 Å². The van der Waals surface area contributed by atoms with E-state index in [1.54, 1.807) is 0 Å². The van der Waals surface area contributed by atoms with Crippen LogP contribution < -0.4 is 5.73 Å². The Morgan fingerprint density at radius 1 is 1.28 bits per heavy atom. The topological polar surface area (TPSA) is 38.5 Å². The largest absolute Gasteiger partial charge is 0.377 e. The summed E-state index contributed by atoms with van der Waals surface area (Å²) < 4.78 is 5.71. The van der Waals surface area contributed by atoms with Gasteiger partial charge in [0.1, 0.15) is 0 Å². The Balaban J connectivity index is 1.98. The maximum Gasteiger partial charge on any atom is 0.0703 e. The van der Waals surface area contributed by atoms with Gasteiger partial charge in [0, 0.05) is 25.2 Å². The van der Waals surface area contributed by atoms with Crippen LogP contribution in [-0.2, 0) is 4.74 Å². The van der Waals surface area contributed by atoms with Gasteiger partial charge in [-0.25, -0.2) is 0 Å². The molecule has 2 N–H and O–H groups in total. The Morgan fingerprint density at radius 3 is 2.61 bits per heavy atom. The van der Waals surface area contributed by atoms with Gasteiger partial charge in [-0.3, -0.25) is 4.90 Å². The van der Waals surface area contributed by atoms with E-state index in [0.717, 1.165) is 31.4 Å². The summed E-state index contributed by atoms with van der Waals surface area (Å²) in [4.78, 5) is 2.53. The summed E-state index contributed by atoms with van der Waals surface area (Å²) in [6.45, 7) is 6.29. The van der Waals surface area contributed by atoms with Gasteiger partial charge in [-0.15, -0.1) is 0 Å². The highest BCUT2D eigenvalue weighted by Gasteiger charge is 2.35. The van der Waals surface area contributed by atoms with Gasteiger partial charge < -0.3 is 10.5 Å². The van der Waals surface area contributed by atoms with E-state index in [2.05, 4.69) is 25.8 Å². The van der Waals surface area contributed by atoms with Crippen LogP contribution in [0.1, 0.15) is 46.0 Å². The first-order valence-corrected chi connectivity index (χ1v) is 7.67.